The Labute approximate surface area is 110 Å². The molecule has 2 heteroatoms. The van der Waals surface area contributed by atoms with Crippen LogP contribution < -0.4 is 0 Å². The maximum absolute atomic E-state index is 12.6. The normalized spacial score (nSPS) is 32.8. The van der Waals surface area contributed by atoms with Crippen molar-refractivity contribution in [2.75, 3.05) is 6.61 Å². The maximum atomic E-state index is 12.6. The Bertz CT molecular complexity index is 298. The fourth-order valence-electron chi connectivity index (χ4n) is 4.36. The molecule has 3 aliphatic rings. The minimum atomic E-state index is 0.104. The van der Waals surface area contributed by atoms with Gasteiger partial charge >= 0.3 is 0 Å². The summed E-state index contributed by atoms with van der Waals surface area (Å²) in [5, 5.41) is 0. The summed E-state index contributed by atoms with van der Waals surface area (Å²) >= 11 is 0. The Morgan fingerprint density at radius 1 is 0.889 bits per heavy atom. The molecule has 18 heavy (non-hydrogen) atoms. The van der Waals surface area contributed by atoms with Crippen LogP contribution >= 0.6 is 0 Å². The molecule has 1 atom stereocenters. The first-order valence-electron chi connectivity index (χ1n) is 7.97. The highest BCUT2D eigenvalue weighted by molar-refractivity contribution is 5.83. The molecule has 1 heterocycles. The highest BCUT2D eigenvalue weighted by Crippen LogP contribution is 2.43. The Kier molecular flexibility index (Phi) is 3.74. The predicted octanol–water partition coefficient (Wildman–Crippen LogP) is 3.88. The largest absolute Gasteiger partial charge is 0.375 e. The highest BCUT2D eigenvalue weighted by Gasteiger charge is 2.43. The van der Waals surface area contributed by atoms with Gasteiger partial charge in [-0.2, -0.15) is 0 Å². The molecule has 1 spiro atoms. The van der Waals surface area contributed by atoms with Crippen molar-refractivity contribution in [2.24, 2.45) is 11.8 Å². The third-order valence-corrected chi connectivity index (χ3v) is 5.42. The topological polar surface area (TPSA) is 26.3 Å². The van der Waals surface area contributed by atoms with Gasteiger partial charge in [-0.1, -0.05) is 32.1 Å². The average Bonchev–Trinajstić information content (AvgIpc) is 2.87. The number of ketones is 1. The number of Topliss-reactive ketones (excluding diaryl/α,β-unsaturated/α-hetero) is 1. The van der Waals surface area contributed by atoms with Gasteiger partial charge in [-0.3, -0.25) is 4.79 Å². The van der Waals surface area contributed by atoms with Gasteiger partial charge < -0.3 is 4.74 Å². The van der Waals surface area contributed by atoms with E-state index >= 15 is 0 Å². The van der Waals surface area contributed by atoms with Crippen LogP contribution in [-0.4, -0.2) is 18.0 Å². The molecule has 2 aliphatic carbocycles. The van der Waals surface area contributed by atoms with Gasteiger partial charge in [-0.05, 0) is 38.5 Å². The minimum Gasteiger partial charge on any atom is -0.375 e. The smallest absolute Gasteiger partial charge is 0.139 e. The first-order valence-corrected chi connectivity index (χ1v) is 7.97. The molecule has 0 bridgehead atoms. The Balaban J connectivity index is 1.62. The monoisotopic (exact) mass is 250 g/mol. The second-order valence-corrected chi connectivity index (χ2v) is 6.67. The van der Waals surface area contributed by atoms with Crippen LogP contribution in [0.5, 0.6) is 0 Å². The van der Waals surface area contributed by atoms with Crippen molar-refractivity contribution in [3.05, 3.63) is 0 Å². The molecule has 102 valence electrons. The third-order valence-electron chi connectivity index (χ3n) is 5.42. The number of carbonyl (C=O) groups is 1. The summed E-state index contributed by atoms with van der Waals surface area (Å²) in [6, 6.07) is 0. The van der Waals surface area contributed by atoms with Crippen molar-refractivity contribution in [3.8, 4) is 0 Å². The summed E-state index contributed by atoms with van der Waals surface area (Å²) in [5.74, 6) is 1.30. The lowest BCUT2D eigenvalue weighted by atomic mass is 9.75. The number of hydrogen-bond acceptors (Lipinski definition) is 2. The summed E-state index contributed by atoms with van der Waals surface area (Å²) in [6.45, 7) is 0.823. The van der Waals surface area contributed by atoms with E-state index in [9.17, 15) is 4.79 Å². The molecule has 3 rings (SSSR count). The van der Waals surface area contributed by atoms with Crippen molar-refractivity contribution in [1.29, 1.82) is 0 Å². The van der Waals surface area contributed by atoms with Crippen LogP contribution in [0.4, 0.5) is 0 Å². The van der Waals surface area contributed by atoms with Gasteiger partial charge in [0.2, 0.25) is 0 Å². The van der Waals surface area contributed by atoms with E-state index in [1.807, 2.05) is 0 Å². The van der Waals surface area contributed by atoms with E-state index in [1.165, 1.54) is 44.9 Å². The van der Waals surface area contributed by atoms with Crippen LogP contribution in [0.25, 0.3) is 0 Å². The van der Waals surface area contributed by atoms with Gasteiger partial charge in [0.25, 0.3) is 0 Å². The molecule has 0 radical (unpaired) electrons. The quantitative estimate of drug-likeness (QED) is 0.743. The second kappa shape index (κ2) is 5.32. The minimum absolute atomic E-state index is 0.104. The van der Waals surface area contributed by atoms with Crippen molar-refractivity contribution in [3.63, 3.8) is 0 Å². The van der Waals surface area contributed by atoms with E-state index in [1.54, 1.807) is 0 Å². The lowest BCUT2D eigenvalue weighted by molar-refractivity contribution is -0.140. The van der Waals surface area contributed by atoms with Crippen LogP contribution in [0.2, 0.25) is 0 Å². The second-order valence-electron chi connectivity index (χ2n) is 6.67. The van der Waals surface area contributed by atoms with Gasteiger partial charge in [0.05, 0.1) is 5.60 Å². The van der Waals surface area contributed by atoms with Crippen molar-refractivity contribution in [1.82, 2.24) is 0 Å². The highest BCUT2D eigenvalue weighted by atomic mass is 16.5. The van der Waals surface area contributed by atoms with Crippen LogP contribution in [0.3, 0.4) is 0 Å². The first kappa shape index (κ1) is 12.7. The molecule has 2 saturated carbocycles. The van der Waals surface area contributed by atoms with Gasteiger partial charge in [0.1, 0.15) is 5.78 Å². The van der Waals surface area contributed by atoms with E-state index in [0.29, 0.717) is 17.6 Å². The lowest BCUT2D eigenvalue weighted by Gasteiger charge is -2.39. The van der Waals surface area contributed by atoms with Crippen LogP contribution in [0.15, 0.2) is 0 Å². The summed E-state index contributed by atoms with van der Waals surface area (Å²) < 4.78 is 6.04. The number of ether oxygens (including phenoxy) is 1. The zero-order valence-electron chi connectivity index (χ0n) is 11.5. The van der Waals surface area contributed by atoms with Gasteiger partial charge in [-0.25, -0.2) is 0 Å². The molecule has 0 aromatic heterocycles. The molecular weight excluding hydrogens is 224 g/mol. The lowest BCUT2D eigenvalue weighted by Crippen LogP contribution is -2.41. The zero-order chi connectivity index (χ0) is 12.4. The maximum Gasteiger partial charge on any atom is 0.139 e. The molecular formula is C16H26O2. The molecule has 0 aromatic carbocycles. The van der Waals surface area contributed by atoms with Crippen molar-refractivity contribution in [2.45, 2.75) is 76.2 Å². The Hall–Kier alpha value is -0.370. The SMILES string of the molecule is O=C(C1CCCCC1)C1CCOC2(CCCC2)C1. The fourth-order valence-corrected chi connectivity index (χ4v) is 4.36. The third kappa shape index (κ3) is 2.49. The van der Waals surface area contributed by atoms with Crippen LogP contribution in [0.1, 0.15) is 70.6 Å². The van der Waals surface area contributed by atoms with Gasteiger partial charge in [-0.15, -0.1) is 0 Å². The van der Waals surface area contributed by atoms with Crippen molar-refractivity contribution < 1.29 is 9.53 Å². The van der Waals surface area contributed by atoms with Gasteiger partial charge in [0, 0.05) is 18.4 Å². The first-order chi connectivity index (χ1) is 8.79. The molecule has 0 amide bonds. The average molecular weight is 250 g/mol. The molecule has 0 N–H and O–H groups in total. The van der Waals surface area contributed by atoms with E-state index in [2.05, 4.69) is 0 Å². The fraction of sp³-hybridized carbons (Fsp3) is 0.938. The molecule has 0 aromatic rings. The van der Waals surface area contributed by atoms with Crippen LogP contribution in [0, 0.1) is 11.8 Å². The summed E-state index contributed by atoms with van der Waals surface area (Å²) in [7, 11) is 0. The van der Waals surface area contributed by atoms with E-state index in [0.717, 1.165) is 32.3 Å². The standard InChI is InChI=1S/C16H26O2/c17-15(13-6-2-1-3-7-13)14-8-11-18-16(12-14)9-4-5-10-16/h13-14H,1-12H2. The number of hydrogen-bond donors (Lipinski definition) is 0. The Morgan fingerprint density at radius 2 is 1.61 bits per heavy atom. The molecule has 2 nitrogen and oxygen atoms in total. The molecule has 1 saturated heterocycles. The van der Waals surface area contributed by atoms with E-state index in [4.69, 9.17) is 4.74 Å². The molecule has 3 fully saturated rings. The Morgan fingerprint density at radius 3 is 2.33 bits per heavy atom. The van der Waals surface area contributed by atoms with Gasteiger partial charge in [0.15, 0.2) is 0 Å². The number of rotatable bonds is 2. The molecule has 1 unspecified atom stereocenters. The summed E-state index contributed by atoms with van der Waals surface area (Å²) in [4.78, 5) is 12.6. The predicted molar refractivity (Wildman–Crippen MR) is 71.5 cm³/mol. The number of carbonyl (C=O) groups excluding carboxylic acids is 1. The van der Waals surface area contributed by atoms with Crippen molar-refractivity contribution >= 4 is 5.78 Å². The zero-order valence-corrected chi connectivity index (χ0v) is 11.5. The van der Waals surface area contributed by atoms with Crippen LogP contribution in [-0.2, 0) is 9.53 Å². The molecule has 1 aliphatic heterocycles. The van der Waals surface area contributed by atoms with E-state index in [-0.39, 0.29) is 5.60 Å². The van der Waals surface area contributed by atoms with E-state index < -0.39 is 0 Å². The summed E-state index contributed by atoms with van der Waals surface area (Å²) in [6.07, 6.45) is 13.2. The summed E-state index contributed by atoms with van der Waals surface area (Å²) in [5.41, 5.74) is 0.104.